The first-order valence-corrected chi connectivity index (χ1v) is 10.6. The number of nitrogens with zero attached hydrogens (tertiary/aromatic N) is 2. The molecule has 1 saturated heterocycles. The van der Waals surface area contributed by atoms with Crippen LogP contribution < -0.4 is 19.9 Å². The van der Waals surface area contributed by atoms with Gasteiger partial charge < -0.3 is 19.9 Å². The molecule has 0 saturated carbocycles. The highest BCUT2D eigenvalue weighted by atomic mass is 32.1. The van der Waals surface area contributed by atoms with Crippen molar-refractivity contribution in [1.29, 1.82) is 0 Å². The normalized spacial score (nSPS) is 14.9. The van der Waals surface area contributed by atoms with Crippen LogP contribution in [0.15, 0.2) is 53.9 Å². The van der Waals surface area contributed by atoms with E-state index >= 15 is 0 Å². The Kier molecular flexibility index (Phi) is 5.78. The van der Waals surface area contributed by atoms with Crippen molar-refractivity contribution < 1.29 is 9.64 Å². The Morgan fingerprint density at radius 3 is 2.46 bits per heavy atom. The summed E-state index contributed by atoms with van der Waals surface area (Å²) in [7, 11) is 1.71. The first-order chi connectivity index (χ1) is 13.7. The van der Waals surface area contributed by atoms with E-state index in [0.717, 1.165) is 49.3 Å². The number of thiazole rings is 1. The number of anilines is 3. The standard InChI is InChI=1S/C22H26N4OS/c1-17-3-5-18(6-4-17)23-22-24-19(16-28-22)15-25-11-13-26(14-12-25)20-7-9-21(27-2)10-8-20/h3-10,16H,11-15H2,1-2H3,(H,23,24)/p+1. The van der Waals surface area contributed by atoms with Crippen LogP contribution in [-0.2, 0) is 6.54 Å². The number of piperazine rings is 1. The summed E-state index contributed by atoms with van der Waals surface area (Å²) in [5, 5.41) is 6.55. The van der Waals surface area contributed by atoms with Crippen molar-refractivity contribution >= 4 is 27.8 Å². The average Bonchev–Trinajstić information content (AvgIpc) is 3.17. The molecule has 1 aromatic heterocycles. The number of nitrogens with one attached hydrogen (secondary N) is 2. The fourth-order valence-corrected chi connectivity index (χ4v) is 4.24. The zero-order valence-corrected chi connectivity index (χ0v) is 17.3. The second-order valence-electron chi connectivity index (χ2n) is 7.25. The van der Waals surface area contributed by atoms with E-state index in [-0.39, 0.29) is 0 Å². The van der Waals surface area contributed by atoms with Gasteiger partial charge in [-0.3, -0.25) is 0 Å². The van der Waals surface area contributed by atoms with Gasteiger partial charge in [0.05, 0.1) is 33.3 Å². The molecule has 28 heavy (non-hydrogen) atoms. The van der Waals surface area contributed by atoms with Crippen molar-refractivity contribution in [3.8, 4) is 5.75 Å². The average molecular weight is 396 g/mol. The Bertz CT molecular complexity index is 884. The van der Waals surface area contributed by atoms with Crippen LogP contribution in [0.5, 0.6) is 5.75 Å². The fourth-order valence-electron chi connectivity index (χ4n) is 3.51. The minimum Gasteiger partial charge on any atom is -0.497 e. The summed E-state index contributed by atoms with van der Waals surface area (Å²) in [6.45, 7) is 7.49. The zero-order valence-electron chi connectivity index (χ0n) is 16.4. The van der Waals surface area contributed by atoms with Gasteiger partial charge in [0.25, 0.3) is 0 Å². The maximum atomic E-state index is 5.25. The van der Waals surface area contributed by atoms with Crippen molar-refractivity contribution in [2.24, 2.45) is 0 Å². The summed E-state index contributed by atoms with van der Waals surface area (Å²) in [5.41, 5.74) is 4.81. The third kappa shape index (κ3) is 4.64. The highest BCUT2D eigenvalue weighted by Crippen LogP contribution is 2.21. The first kappa shape index (κ1) is 18.8. The van der Waals surface area contributed by atoms with E-state index in [1.807, 2.05) is 12.1 Å². The molecule has 0 amide bonds. The van der Waals surface area contributed by atoms with Gasteiger partial charge in [0, 0.05) is 16.8 Å². The van der Waals surface area contributed by atoms with E-state index in [9.17, 15) is 0 Å². The molecule has 4 rings (SSSR count). The van der Waals surface area contributed by atoms with Gasteiger partial charge in [0.15, 0.2) is 5.13 Å². The molecule has 6 heteroatoms. The van der Waals surface area contributed by atoms with E-state index < -0.39 is 0 Å². The highest BCUT2D eigenvalue weighted by Gasteiger charge is 2.21. The number of rotatable bonds is 6. The molecular weight excluding hydrogens is 368 g/mol. The van der Waals surface area contributed by atoms with E-state index in [2.05, 4.69) is 58.9 Å². The van der Waals surface area contributed by atoms with Crippen molar-refractivity contribution in [2.45, 2.75) is 13.5 Å². The van der Waals surface area contributed by atoms with Gasteiger partial charge in [-0.15, -0.1) is 11.3 Å². The zero-order chi connectivity index (χ0) is 19.3. The number of hydrogen-bond acceptors (Lipinski definition) is 5. The molecule has 5 nitrogen and oxygen atoms in total. The summed E-state index contributed by atoms with van der Waals surface area (Å²) in [5.74, 6) is 0.909. The molecule has 1 aliphatic rings. The molecule has 0 radical (unpaired) electrons. The van der Waals surface area contributed by atoms with Crippen LogP contribution in [0.1, 0.15) is 11.3 Å². The highest BCUT2D eigenvalue weighted by molar-refractivity contribution is 7.13. The molecule has 0 spiro atoms. The molecular formula is C22H27N4OS+. The molecule has 0 aliphatic carbocycles. The second kappa shape index (κ2) is 8.63. The molecule has 2 aromatic carbocycles. The number of aryl methyl sites for hydroxylation is 1. The van der Waals surface area contributed by atoms with Gasteiger partial charge in [-0.2, -0.15) is 0 Å². The summed E-state index contributed by atoms with van der Waals surface area (Å²) in [4.78, 5) is 8.82. The topological polar surface area (TPSA) is 41.8 Å². The fraction of sp³-hybridized carbons (Fsp3) is 0.318. The minimum absolute atomic E-state index is 0.909. The molecule has 1 fully saturated rings. The molecule has 0 unspecified atom stereocenters. The predicted molar refractivity (Wildman–Crippen MR) is 116 cm³/mol. The lowest BCUT2D eigenvalue weighted by atomic mass is 10.2. The predicted octanol–water partition coefficient (Wildman–Crippen LogP) is 3.11. The largest absolute Gasteiger partial charge is 0.497 e. The summed E-state index contributed by atoms with van der Waals surface area (Å²) >= 11 is 1.68. The lowest BCUT2D eigenvalue weighted by Gasteiger charge is -2.33. The van der Waals surface area contributed by atoms with E-state index in [1.165, 1.54) is 16.9 Å². The lowest BCUT2D eigenvalue weighted by molar-refractivity contribution is -0.914. The maximum Gasteiger partial charge on any atom is 0.187 e. The number of aromatic nitrogens is 1. The number of methoxy groups -OCH3 is 1. The lowest BCUT2D eigenvalue weighted by Crippen LogP contribution is -3.13. The van der Waals surface area contributed by atoms with Gasteiger partial charge in [-0.25, -0.2) is 4.98 Å². The second-order valence-corrected chi connectivity index (χ2v) is 8.10. The maximum absolute atomic E-state index is 5.25. The molecule has 0 bridgehead atoms. The number of quaternary nitrogens is 1. The van der Waals surface area contributed by atoms with E-state index in [4.69, 9.17) is 9.72 Å². The third-order valence-corrected chi connectivity index (χ3v) is 6.00. The van der Waals surface area contributed by atoms with Crippen LogP contribution in [0.25, 0.3) is 0 Å². The number of benzene rings is 2. The van der Waals surface area contributed by atoms with E-state index in [1.54, 1.807) is 23.3 Å². The monoisotopic (exact) mass is 395 g/mol. The van der Waals surface area contributed by atoms with Gasteiger partial charge in [0.1, 0.15) is 18.0 Å². The van der Waals surface area contributed by atoms with Crippen LogP contribution in [0.3, 0.4) is 0 Å². The Morgan fingerprint density at radius 2 is 1.79 bits per heavy atom. The van der Waals surface area contributed by atoms with Crippen molar-refractivity contribution in [1.82, 2.24) is 4.98 Å². The molecule has 2 heterocycles. The van der Waals surface area contributed by atoms with Gasteiger partial charge in [-0.05, 0) is 43.3 Å². The van der Waals surface area contributed by atoms with Crippen molar-refractivity contribution in [3.63, 3.8) is 0 Å². The number of hydrogen-bond donors (Lipinski definition) is 2. The quantitative estimate of drug-likeness (QED) is 0.673. The van der Waals surface area contributed by atoms with Gasteiger partial charge >= 0.3 is 0 Å². The van der Waals surface area contributed by atoms with Crippen LogP contribution in [0.2, 0.25) is 0 Å². The van der Waals surface area contributed by atoms with Crippen molar-refractivity contribution in [3.05, 3.63) is 65.2 Å². The molecule has 0 atom stereocenters. The van der Waals surface area contributed by atoms with E-state index in [0.29, 0.717) is 0 Å². The minimum atomic E-state index is 0.909. The van der Waals surface area contributed by atoms with Gasteiger partial charge in [0.2, 0.25) is 0 Å². The van der Waals surface area contributed by atoms with Gasteiger partial charge in [-0.1, -0.05) is 17.7 Å². The first-order valence-electron chi connectivity index (χ1n) is 9.70. The Labute approximate surface area is 170 Å². The van der Waals surface area contributed by atoms with Crippen LogP contribution in [0, 0.1) is 6.92 Å². The third-order valence-electron chi connectivity index (χ3n) is 5.19. The number of ether oxygens (including phenoxy) is 1. The molecule has 146 valence electrons. The molecule has 2 N–H and O–H groups in total. The van der Waals surface area contributed by atoms with Crippen molar-refractivity contribution in [2.75, 3.05) is 43.5 Å². The van der Waals surface area contributed by atoms with Crippen LogP contribution in [-0.4, -0.2) is 38.3 Å². The summed E-state index contributed by atoms with van der Waals surface area (Å²) < 4.78 is 5.25. The Hall–Kier alpha value is -2.57. The summed E-state index contributed by atoms with van der Waals surface area (Å²) in [6.07, 6.45) is 0. The molecule has 1 aliphatic heterocycles. The smallest absolute Gasteiger partial charge is 0.187 e. The Balaban J connectivity index is 1.29. The Morgan fingerprint density at radius 1 is 1.07 bits per heavy atom. The van der Waals surface area contributed by atoms with Crippen LogP contribution in [0.4, 0.5) is 16.5 Å². The SMILES string of the molecule is COc1ccc(N2CC[NH+](Cc3csc(Nc4ccc(C)cc4)n3)CC2)cc1. The summed E-state index contributed by atoms with van der Waals surface area (Å²) in [6, 6.07) is 16.8. The molecule has 3 aromatic rings. The van der Waals surface area contributed by atoms with Crippen LogP contribution >= 0.6 is 11.3 Å².